The summed E-state index contributed by atoms with van der Waals surface area (Å²) in [7, 11) is -0.864. The van der Waals surface area contributed by atoms with Crippen molar-refractivity contribution in [1.29, 1.82) is 0 Å². The molecule has 134 valence electrons. The van der Waals surface area contributed by atoms with Crippen LogP contribution in [-0.2, 0) is 28.8 Å². The van der Waals surface area contributed by atoms with Crippen molar-refractivity contribution in [3.8, 4) is 0 Å². The number of ether oxygens (including phenoxy) is 4. The lowest BCUT2D eigenvalue weighted by molar-refractivity contribution is 0.0719. The highest BCUT2D eigenvalue weighted by Crippen LogP contribution is 2.05. The summed E-state index contributed by atoms with van der Waals surface area (Å²) in [5.74, 6) is -0.900. The molecule has 0 heterocycles. The van der Waals surface area contributed by atoms with Crippen molar-refractivity contribution in [3.05, 3.63) is 12.0 Å². The van der Waals surface area contributed by atoms with Gasteiger partial charge in [-0.2, -0.15) is 4.90 Å². The number of hydrogen-bond donors (Lipinski definition) is 0. The average Bonchev–Trinajstić information content (AvgIpc) is 2.53. The van der Waals surface area contributed by atoms with Crippen LogP contribution in [0, 0.1) is 0 Å². The van der Waals surface area contributed by atoms with Gasteiger partial charge in [-0.05, 0) is 0 Å². The highest BCUT2D eigenvalue weighted by Gasteiger charge is 2.28. The minimum absolute atomic E-state index is 0.0196. The normalized spacial score (nSPS) is 10.9. The molecular formula is C13H23NO8S. The van der Waals surface area contributed by atoms with Gasteiger partial charge in [0.25, 0.3) is 0 Å². The van der Waals surface area contributed by atoms with Crippen molar-refractivity contribution in [3.63, 3.8) is 0 Å². The van der Waals surface area contributed by atoms with Gasteiger partial charge in [0.05, 0.1) is 13.2 Å². The summed E-state index contributed by atoms with van der Waals surface area (Å²) in [5.41, 5.74) is 0. The molecule has 0 N–H and O–H groups in total. The molecule has 2 amide bonds. The van der Waals surface area contributed by atoms with Gasteiger partial charge >= 0.3 is 12.2 Å². The van der Waals surface area contributed by atoms with E-state index in [0.29, 0.717) is 36.4 Å². The molecule has 9 nitrogen and oxygen atoms in total. The predicted octanol–water partition coefficient (Wildman–Crippen LogP) is 1.15. The van der Waals surface area contributed by atoms with Crippen LogP contribution in [0.3, 0.4) is 0 Å². The Hall–Kier alpha value is -1.65. The van der Waals surface area contributed by atoms with E-state index in [9.17, 15) is 18.0 Å². The topological polar surface area (TPSA) is 108 Å². The number of amides is 2. The van der Waals surface area contributed by atoms with Crippen LogP contribution in [0.1, 0.15) is 12.8 Å². The van der Waals surface area contributed by atoms with E-state index in [0.717, 1.165) is 0 Å². The van der Waals surface area contributed by atoms with Gasteiger partial charge < -0.3 is 18.9 Å². The lowest BCUT2D eigenvalue weighted by Crippen LogP contribution is -2.41. The third-order valence-corrected chi connectivity index (χ3v) is 3.57. The maximum Gasteiger partial charge on any atom is 0.420 e. The number of carbonyl (C=O) groups is 2. The molecule has 0 fully saturated rings. The number of carbonyl (C=O) groups excluding carboxylic acids is 2. The van der Waals surface area contributed by atoms with Crippen LogP contribution in [-0.4, -0.2) is 72.0 Å². The molecule has 23 heavy (non-hydrogen) atoms. The number of sulfone groups is 1. The molecule has 0 saturated heterocycles. The molecule has 0 rings (SSSR count). The second-order valence-electron chi connectivity index (χ2n) is 4.31. The summed E-state index contributed by atoms with van der Waals surface area (Å²) in [4.78, 5) is 24.1. The molecular weight excluding hydrogens is 330 g/mol. The second-order valence-corrected chi connectivity index (χ2v) is 6.23. The van der Waals surface area contributed by atoms with Crippen molar-refractivity contribution in [2.75, 3.05) is 46.5 Å². The van der Waals surface area contributed by atoms with Crippen LogP contribution in [0.15, 0.2) is 12.0 Å². The maximum atomic E-state index is 11.9. The molecule has 0 aliphatic heterocycles. The largest absolute Gasteiger partial charge is 0.449 e. The highest BCUT2D eigenvalue weighted by molar-refractivity contribution is 7.94. The number of nitrogens with zero attached hydrogens (tertiary/aromatic N) is 1. The SMILES string of the molecule is C=CS(=O)(=O)CN(C(=O)OCCCOC)C(=O)OCCCOC. The van der Waals surface area contributed by atoms with Crippen molar-refractivity contribution in [2.24, 2.45) is 0 Å². The molecule has 0 aromatic rings. The van der Waals surface area contributed by atoms with Gasteiger partial charge in [-0.3, -0.25) is 0 Å². The molecule has 0 aromatic carbocycles. The Morgan fingerprint density at radius 1 is 0.957 bits per heavy atom. The molecule has 0 saturated carbocycles. The fraction of sp³-hybridized carbons (Fsp3) is 0.692. The predicted molar refractivity (Wildman–Crippen MR) is 81.5 cm³/mol. The number of imide groups is 1. The number of rotatable bonds is 11. The summed E-state index contributed by atoms with van der Waals surface area (Å²) >= 11 is 0. The minimum atomic E-state index is -3.84. The van der Waals surface area contributed by atoms with Gasteiger partial charge in [-0.15, -0.1) is 0 Å². The molecule has 0 spiro atoms. The van der Waals surface area contributed by atoms with Crippen molar-refractivity contribution < 1.29 is 37.0 Å². The molecule has 0 atom stereocenters. The number of methoxy groups -OCH3 is 2. The van der Waals surface area contributed by atoms with Gasteiger partial charge in [-0.25, -0.2) is 18.0 Å². The summed E-state index contributed by atoms with van der Waals surface area (Å²) in [5, 5.41) is 0.649. The Bertz CT molecular complexity index is 452. The van der Waals surface area contributed by atoms with E-state index >= 15 is 0 Å². The van der Waals surface area contributed by atoms with Crippen LogP contribution in [0.2, 0.25) is 0 Å². The van der Waals surface area contributed by atoms with E-state index in [4.69, 9.17) is 18.9 Å². The Balaban J connectivity index is 4.69. The van der Waals surface area contributed by atoms with Crippen LogP contribution in [0.4, 0.5) is 9.59 Å². The fourth-order valence-corrected chi connectivity index (χ4v) is 1.97. The van der Waals surface area contributed by atoms with E-state index in [-0.39, 0.29) is 13.2 Å². The number of hydrogen-bond acceptors (Lipinski definition) is 8. The summed E-state index contributed by atoms with van der Waals surface area (Å²) in [6, 6.07) is 0. The third-order valence-electron chi connectivity index (χ3n) is 2.44. The minimum Gasteiger partial charge on any atom is -0.449 e. The van der Waals surface area contributed by atoms with Gasteiger partial charge in [0, 0.05) is 45.7 Å². The van der Waals surface area contributed by atoms with E-state index in [2.05, 4.69) is 6.58 Å². The molecule has 0 aromatic heterocycles. The highest BCUT2D eigenvalue weighted by atomic mass is 32.2. The Morgan fingerprint density at radius 2 is 1.39 bits per heavy atom. The lowest BCUT2D eigenvalue weighted by atomic mass is 10.5. The van der Waals surface area contributed by atoms with Gasteiger partial charge in [0.2, 0.25) is 0 Å². The maximum absolute atomic E-state index is 11.9. The first-order valence-corrected chi connectivity index (χ1v) is 8.53. The molecule has 0 bridgehead atoms. The molecule has 0 radical (unpaired) electrons. The Kier molecular flexibility index (Phi) is 11.0. The lowest BCUT2D eigenvalue weighted by Gasteiger charge is -2.19. The van der Waals surface area contributed by atoms with Crippen LogP contribution >= 0.6 is 0 Å². The van der Waals surface area contributed by atoms with Crippen LogP contribution in [0.5, 0.6) is 0 Å². The Labute approximate surface area is 136 Å². The van der Waals surface area contributed by atoms with Crippen molar-refractivity contribution >= 4 is 22.0 Å². The first kappa shape index (κ1) is 21.4. The van der Waals surface area contributed by atoms with Crippen LogP contribution < -0.4 is 0 Å². The van der Waals surface area contributed by atoms with Gasteiger partial charge in [-0.1, -0.05) is 6.58 Å². The first-order valence-electron chi connectivity index (χ1n) is 6.82. The standard InChI is InChI=1S/C13H23NO8S/c1-4-23(17,18)11-14(12(15)21-9-5-7-19-2)13(16)22-10-6-8-20-3/h4H,1,5-11H2,2-3H3. The van der Waals surface area contributed by atoms with E-state index in [1.165, 1.54) is 14.2 Å². The van der Waals surface area contributed by atoms with Crippen molar-refractivity contribution in [1.82, 2.24) is 4.90 Å². The van der Waals surface area contributed by atoms with E-state index in [1.807, 2.05) is 0 Å². The average molecular weight is 353 g/mol. The zero-order valence-corrected chi connectivity index (χ0v) is 14.2. The second kappa shape index (κ2) is 11.9. The first-order chi connectivity index (χ1) is 10.9. The van der Waals surface area contributed by atoms with Gasteiger partial charge in [0.15, 0.2) is 9.84 Å². The molecule has 0 aliphatic carbocycles. The van der Waals surface area contributed by atoms with Crippen LogP contribution in [0.25, 0.3) is 0 Å². The summed E-state index contributed by atoms with van der Waals surface area (Å²) < 4.78 is 42.3. The van der Waals surface area contributed by atoms with Crippen molar-refractivity contribution in [2.45, 2.75) is 12.8 Å². The molecule has 0 unspecified atom stereocenters. The third kappa shape index (κ3) is 9.87. The monoisotopic (exact) mass is 353 g/mol. The summed E-state index contributed by atoms with van der Waals surface area (Å²) in [6.07, 6.45) is -1.40. The summed E-state index contributed by atoms with van der Waals surface area (Å²) in [6.45, 7) is 3.81. The van der Waals surface area contributed by atoms with E-state index < -0.39 is 27.9 Å². The zero-order chi connectivity index (χ0) is 17.7. The quantitative estimate of drug-likeness (QED) is 0.509. The van der Waals surface area contributed by atoms with Gasteiger partial charge in [0.1, 0.15) is 5.88 Å². The molecule has 10 heteroatoms. The smallest absolute Gasteiger partial charge is 0.420 e. The fourth-order valence-electron chi connectivity index (χ4n) is 1.29. The van der Waals surface area contributed by atoms with E-state index in [1.54, 1.807) is 0 Å². The zero-order valence-electron chi connectivity index (χ0n) is 13.4. The molecule has 0 aliphatic rings. The Morgan fingerprint density at radius 3 is 1.74 bits per heavy atom.